The fraction of sp³-hybridized carbons (Fsp3) is 0.143. The normalized spacial score (nSPS) is 10.4. The Morgan fingerprint density at radius 2 is 1.77 bits per heavy atom. The molecule has 0 fully saturated rings. The Bertz CT molecular complexity index is 849. The smallest absolute Gasteiger partial charge is 0.255 e. The number of benzene rings is 2. The molecule has 26 heavy (non-hydrogen) atoms. The molecule has 3 aromatic rings. The molecular weight excluding hydrogens is 346 g/mol. The third kappa shape index (κ3) is 4.61. The summed E-state index contributed by atoms with van der Waals surface area (Å²) in [6, 6.07) is 20.9. The lowest BCUT2D eigenvalue weighted by atomic mass is 10.2. The quantitative estimate of drug-likeness (QED) is 0.657. The highest BCUT2D eigenvalue weighted by atomic mass is 35.5. The maximum absolute atomic E-state index is 12.7. The number of hydrogen-bond donors (Lipinski definition) is 1. The lowest BCUT2D eigenvalue weighted by molar-refractivity contribution is 0.0752. The Kier molecular flexibility index (Phi) is 5.87. The number of halogens is 1. The molecule has 2 aromatic carbocycles. The van der Waals surface area contributed by atoms with Crippen LogP contribution in [0.2, 0.25) is 5.02 Å². The summed E-state index contributed by atoms with van der Waals surface area (Å²) in [6.07, 6.45) is 1.61. The Labute approximate surface area is 158 Å². The van der Waals surface area contributed by atoms with E-state index in [4.69, 9.17) is 11.6 Å². The van der Waals surface area contributed by atoms with Gasteiger partial charge in [0, 0.05) is 30.0 Å². The van der Waals surface area contributed by atoms with Gasteiger partial charge in [-0.25, -0.2) is 4.98 Å². The van der Waals surface area contributed by atoms with Crippen LogP contribution in [-0.4, -0.2) is 22.3 Å². The van der Waals surface area contributed by atoms with Crippen LogP contribution in [0.4, 0.5) is 11.5 Å². The van der Waals surface area contributed by atoms with Crippen LogP contribution in [0.25, 0.3) is 0 Å². The molecule has 0 radical (unpaired) electrons. The molecule has 0 aliphatic heterocycles. The highest BCUT2D eigenvalue weighted by Crippen LogP contribution is 2.18. The minimum atomic E-state index is -0.0260. The monoisotopic (exact) mass is 365 g/mol. The number of aromatic nitrogens is 1. The van der Waals surface area contributed by atoms with E-state index in [1.165, 1.54) is 0 Å². The van der Waals surface area contributed by atoms with E-state index in [9.17, 15) is 4.79 Å². The highest BCUT2D eigenvalue weighted by molar-refractivity contribution is 6.30. The average molecular weight is 366 g/mol. The molecule has 0 bridgehead atoms. The molecule has 3 rings (SSSR count). The summed E-state index contributed by atoms with van der Waals surface area (Å²) in [7, 11) is 0. The molecule has 4 nitrogen and oxygen atoms in total. The third-order valence-corrected chi connectivity index (χ3v) is 4.26. The fourth-order valence-corrected chi connectivity index (χ4v) is 2.72. The summed E-state index contributed by atoms with van der Waals surface area (Å²) in [5.41, 5.74) is 2.57. The van der Waals surface area contributed by atoms with E-state index in [-0.39, 0.29) is 5.91 Å². The molecule has 1 N–H and O–H groups in total. The minimum absolute atomic E-state index is 0.0260. The molecule has 0 saturated carbocycles. The standard InChI is InChI=1S/C21H20ClN3O/c1-2-25(15-16-6-4-3-5-7-16)21(26)17-8-13-20(23-14-17)24-19-11-9-18(22)10-12-19/h3-14H,2,15H2,1H3,(H,23,24). The molecular formula is C21H20ClN3O. The lowest BCUT2D eigenvalue weighted by Crippen LogP contribution is -2.30. The summed E-state index contributed by atoms with van der Waals surface area (Å²) in [6.45, 7) is 3.20. The second kappa shape index (κ2) is 8.50. The predicted molar refractivity (Wildman–Crippen MR) is 106 cm³/mol. The largest absolute Gasteiger partial charge is 0.340 e. The van der Waals surface area contributed by atoms with Gasteiger partial charge in [0.25, 0.3) is 5.91 Å². The second-order valence-electron chi connectivity index (χ2n) is 5.87. The first-order chi connectivity index (χ1) is 12.7. The van der Waals surface area contributed by atoms with Crippen LogP contribution in [0.1, 0.15) is 22.8 Å². The number of amides is 1. The zero-order valence-electron chi connectivity index (χ0n) is 14.5. The first kappa shape index (κ1) is 18.0. The molecule has 0 atom stereocenters. The zero-order chi connectivity index (χ0) is 18.4. The van der Waals surface area contributed by atoms with Gasteiger partial charge in [-0.3, -0.25) is 4.79 Å². The Morgan fingerprint density at radius 1 is 1.04 bits per heavy atom. The van der Waals surface area contributed by atoms with Crippen LogP contribution in [0.15, 0.2) is 72.9 Å². The number of anilines is 2. The average Bonchev–Trinajstić information content (AvgIpc) is 2.69. The molecule has 1 heterocycles. The van der Waals surface area contributed by atoms with Gasteiger partial charge in [-0.2, -0.15) is 0 Å². The zero-order valence-corrected chi connectivity index (χ0v) is 15.3. The van der Waals surface area contributed by atoms with Crippen molar-refractivity contribution in [3.05, 3.63) is 89.1 Å². The predicted octanol–water partition coefficient (Wildman–Crippen LogP) is 5.14. The molecule has 132 valence electrons. The number of pyridine rings is 1. The van der Waals surface area contributed by atoms with Crippen molar-refractivity contribution in [1.29, 1.82) is 0 Å². The summed E-state index contributed by atoms with van der Waals surface area (Å²) >= 11 is 5.89. The van der Waals surface area contributed by atoms with Crippen LogP contribution in [0, 0.1) is 0 Å². The van der Waals surface area contributed by atoms with Gasteiger partial charge in [-0.1, -0.05) is 41.9 Å². The van der Waals surface area contributed by atoms with E-state index < -0.39 is 0 Å². The number of carbonyl (C=O) groups excluding carboxylic acids is 1. The van der Waals surface area contributed by atoms with Crippen LogP contribution >= 0.6 is 11.6 Å². The highest BCUT2D eigenvalue weighted by Gasteiger charge is 2.15. The molecule has 5 heteroatoms. The molecule has 0 saturated heterocycles. The van der Waals surface area contributed by atoms with Gasteiger partial charge in [0.05, 0.1) is 5.56 Å². The van der Waals surface area contributed by atoms with Crippen molar-refractivity contribution in [2.75, 3.05) is 11.9 Å². The van der Waals surface area contributed by atoms with Crippen molar-refractivity contribution in [2.24, 2.45) is 0 Å². The van der Waals surface area contributed by atoms with Crippen molar-refractivity contribution >= 4 is 29.0 Å². The number of nitrogens with one attached hydrogen (secondary N) is 1. The molecule has 0 aliphatic carbocycles. The number of hydrogen-bond acceptors (Lipinski definition) is 3. The topological polar surface area (TPSA) is 45.2 Å². The van der Waals surface area contributed by atoms with E-state index >= 15 is 0 Å². The van der Waals surface area contributed by atoms with Crippen molar-refractivity contribution in [3.8, 4) is 0 Å². The lowest BCUT2D eigenvalue weighted by Gasteiger charge is -2.21. The molecule has 1 amide bonds. The van der Waals surface area contributed by atoms with Crippen molar-refractivity contribution < 1.29 is 4.79 Å². The van der Waals surface area contributed by atoms with Crippen LogP contribution in [0.3, 0.4) is 0 Å². The van der Waals surface area contributed by atoms with Gasteiger partial charge in [-0.15, -0.1) is 0 Å². The number of nitrogens with zero attached hydrogens (tertiary/aromatic N) is 2. The van der Waals surface area contributed by atoms with Gasteiger partial charge >= 0.3 is 0 Å². The van der Waals surface area contributed by atoms with E-state index in [0.717, 1.165) is 11.3 Å². The fourth-order valence-electron chi connectivity index (χ4n) is 2.59. The maximum atomic E-state index is 12.7. The molecule has 0 aliphatic rings. The van der Waals surface area contributed by atoms with Crippen molar-refractivity contribution in [1.82, 2.24) is 9.88 Å². The SMILES string of the molecule is CCN(Cc1ccccc1)C(=O)c1ccc(Nc2ccc(Cl)cc2)nc1. The van der Waals surface area contributed by atoms with Gasteiger partial charge in [-0.05, 0) is 48.9 Å². The Balaban J connectivity index is 1.68. The van der Waals surface area contributed by atoms with Crippen molar-refractivity contribution in [3.63, 3.8) is 0 Å². The van der Waals surface area contributed by atoms with E-state index in [1.807, 2.05) is 61.5 Å². The third-order valence-electron chi connectivity index (χ3n) is 4.01. The molecule has 0 spiro atoms. The minimum Gasteiger partial charge on any atom is -0.340 e. The van der Waals surface area contributed by atoms with E-state index in [0.29, 0.717) is 29.5 Å². The Hall–Kier alpha value is -2.85. The van der Waals surface area contributed by atoms with Crippen molar-refractivity contribution in [2.45, 2.75) is 13.5 Å². The number of rotatable bonds is 6. The second-order valence-corrected chi connectivity index (χ2v) is 6.31. The van der Waals surface area contributed by atoms with Crippen LogP contribution in [0.5, 0.6) is 0 Å². The van der Waals surface area contributed by atoms with Gasteiger partial charge in [0.1, 0.15) is 5.82 Å². The van der Waals surface area contributed by atoms with Crippen LogP contribution < -0.4 is 5.32 Å². The first-order valence-electron chi connectivity index (χ1n) is 8.47. The van der Waals surface area contributed by atoms with Gasteiger partial charge < -0.3 is 10.2 Å². The summed E-state index contributed by atoms with van der Waals surface area (Å²) in [4.78, 5) is 18.9. The molecule has 0 unspecified atom stereocenters. The summed E-state index contributed by atoms with van der Waals surface area (Å²) < 4.78 is 0. The number of carbonyl (C=O) groups is 1. The Morgan fingerprint density at radius 3 is 2.38 bits per heavy atom. The van der Waals surface area contributed by atoms with E-state index in [1.54, 1.807) is 23.2 Å². The van der Waals surface area contributed by atoms with E-state index in [2.05, 4.69) is 10.3 Å². The summed E-state index contributed by atoms with van der Waals surface area (Å²) in [5.74, 6) is 0.650. The first-order valence-corrected chi connectivity index (χ1v) is 8.85. The summed E-state index contributed by atoms with van der Waals surface area (Å²) in [5, 5.41) is 3.87. The van der Waals surface area contributed by atoms with Gasteiger partial charge in [0.2, 0.25) is 0 Å². The molecule has 1 aromatic heterocycles. The van der Waals surface area contributed by atoms with Gasteiger partial charge in [0.15, 0.2) is 0 Å². The van der Waals surface area contributed by atoms with Crippen LogP contribution in [-0.2, 0) is 6.54 Å². The maximum Gasteiger partial charge on any atom is 0.255 e.